The van der Waals surface area contributed by atoms with E-state index in [1.54, 1.807) is 58.9 Å². The number of halogens is 1. The van der Waals surface area contributed by atoms with E-state index >= 15 is 0 Å². The lowest BCUT2D eigenvalue weighted by Crippen LogP contribution is -2.51. The Balaban J connectivity index is 1.24. The number of nitrogens with zero attached hydrogens (tertiary/aromatic N) is 1. The topological polar surface area (TPSA) is 102 Å². The fraction of sp³-hybridized carbons (Fsp3) is 0.289. The van der Waals surface area contributed by atoms with Crippen molar-refractivity contribution in [1.29, 1.82) is 0 Å². The standard InChI is InChI=1S/C38H38ClNO7S/c1-26(2)34-22-38(19-6-20-40(24-38)48(43,44)32-16-9-28(10-17-32)27-7-4-3-5-8-27)25-46-37(34)33-21-31(15-18-35(33)45-23-36(41)42)47-30-13-11-29(39)12-14-30/h3-5,7-18,21,34,37H,1,6,19-20,22-25H2,2H3,(H,41,42)/t34-,37-,38+/m1/s1. The molecule has 2 saturated heterocycles. The predicted molar refractivity (Wildman–Crippen MR) is 185 cm³/mol. The lowest BCUT2D eigenvalue weighted by Gasteiger charge is -2.49. The number of carboxylic acids is 1. The zero-order valence-electron chi connectivity index (χ0n) is 26.7. The van der Waals surface area contributed by atoms with Gasteiger partial charge in [0.2, 0.25) is 10.0 Å². The molecule has 0 aliphatic carbocycles. The molecule has 0 unspecified atom stereocenters. The molecule has 8 nitrogen and oxygen atoms in total. The van der Waals surface area contributed by atoms with Gasteiger partial charge in [0.15, 0.2) is 6.61 Å². The summed E-state index contributed by atoms with van der Waals surface area (Å²) in [5.41, 5.74) is 3.08. The average Bonchev–Trinajstić information content (AvgIpc) is 3.09. The van der Waals surface area contributed by atoms with Crippen molar-refractivity contribution < 1.29 is 32.5 Å². The molecule has 0 radical (unpaired) electrons. The van der Waals surface area contributed by atoms with Crippen LogP contribution in [0.4, 0.5) is 0 Å². The minimum atomic E-state index is -3.75. The Kier molecular flexibility index (Phi) is 9.94. The first-order chi connectivity index (χ1) is 23.0. The highest BCUT2D eigenvalue weighted by Gasteiger charge is 2.47. The fourth-order valence-electron chi connectivity index (χ4n) is 6.73. The Morgan fingerprint density at radius 2 is 1.69 bits per heavy atom. The number of ether oxygens (including phenoxy) is 3. The Morgan fingerprint density at radius 3 is 2.38 bits per heavy atom. The van der Waals surface area contributed by atoms with Crippen LogP contribution in [0.5, 0.6) is 17.2 Å². The molecule has 2 heterocycles. The summed E-state index contributed by atoms with van der Waals surface area (Å²) in [6.07, 6.45) is 1.65. The van der Waals surface area contributed by atoms with Gasteiger partial charge in [0.25, 0.3) is 0 Å². The molecule has 2 aliphatic rings. The second-order valence-electron chi connectivity index (χ2n) is 12.7. The van der Waals surface area contributed by atoms with Crippen molar-refractivity contribution >= 4 is 27.6 Å². The minimum absolute atomic E-state index is 0.190. The first-order valence-corrected chi connectivity index (χ1v) is 17.7. The van der Waals surface area contributed by atoms with Gasteiger partial charge in [-0.2, -0.15) is 4.31 Å². The first kappa shape index (κ1) is 33.7. The first-order valence-electron chi connectivity index (χ1n) is 15.9. The van der Waals surface area contributed by atoms with Crippen molar-refractivity contribution in [2.75, 3.05) is 26.3 Å². The van der Waals surface area contributed by atoms with Crippen LogP contribution in [-0.2, 0) is 19.6 Å². The molecular weight excluding hydrogens is 650 g/mol. The van der Waals surface area contributed by atoms with E-state index in [0.29, 0.717) is 60.4 Å². The highest BCUT2D eigenvalue weighted by Crippen LogP contribution is 2.51. The summed E-state index contributed by atoms with van der Waals surface area (Å²) < 4.78 is 47.9. The van der Waals surface area contributed by atoms with Gasteiger partial charge in [-0.3, -0.25) is 0 Å². The third-order valence-corrected chi connectivity index (χ3v) is 11.2. The Hall–Kier alpha value is -4.15. The van der Waals surface area contributed by atoms with Crippen LogP contribution in [0, 0.1) is 11.3 Å². The van der Waals surface area contributed by atoms with Gasteiger partial charge in [0.05, 0.1) is 17.6 Å². The van der Waals surface area contributed by atoms with Crippen molar-refractivity contribution in [3.05, 3.63) is 120 Å². The number of rotatable bonds is 10. The maximum Gasteiger partial charge on any atom is 0.341 e. The van der Waals surface area contributed by atoms with E-state index < -0.39 is 34.1 Å². The van der Waals surface area contributed by atoms with Crippen molar-refractivity contribution in [3.8, 4) is 28.4 Å². The Morgan fingerprint density at radius 1 is 1.00 bits per heavy atom. The number of sulfonamides is 1. The number of hydrogen-bond acceptors (Lipinski definition) is 6. The number of benzene rings is 4. The Bertz CT molecular complexity index is 1880. The highest BCUT2D eigenvalue weighted by molar-refractivity contribution is 7.89. The summed E-state index contributed by atoms with van der Waals surface area (Å²) >= 11 is 6.04. The molecule has 0 aromatic heterocycles. The molecule has 0 saturated carbocycles. The van der Waals surface area contributed by atoms with Gasteiger partial charge in [-0.1, -0.05) is 66.2 Å². The summed E-state index contributed by atoms with van der Waals surface area (Å²) in [4.78, 5) is 11.7. The summed E-state index contributed by atoms with van der Waals surface area (Å²) in [7, 11) is -3.75. The van der Waals surface area contributed by atoms with Crippen LogP contribution in [0.15, 0.2) is 114 Å². The van der Waals surface area contributed by atoms with Crippen molar-refractivity contribution in [3.63, 3.8) is 0 Å². The van der Waals surface area contributed by atoms with Crippen LogP contribution >= 0.6 is 11.6 Å². The van der Waals surface area contributed by atoms with Gasteiger partial charge in [-0.05, 0) is 91.9 Å². The molecule has 250 valence electrons. The van der Waals surface area contributed by atoms with Gasteiger partial charge in [-0.15, -0.1) is 0 Å². The highest BCUT2D eigenvalue weighted by atomic mass is 35.5. The maximum atomic E-state index is 13.9. The van der Waals surface area contributed by atoms with Gasteiger partial charge < -0.3 is 19.3 Å². The average molecular weight is 688 g/mol. The molecule has 2 fully saturated rings. The summed E-state index contributed by atoms with van der Waals surface area (Å²) in [5.74, 6) is 0.195. The number of piperidine rings is 1. The lowest BCUT2D eigenvalue weighted by molar-refractivity contribution is -0.139. The van der Waals surface area contributed by atoms with Crippen molar-refractivity contribution in [2.24, 2.45) is 11.3 Å². The summed E-state index contributed by atoms with van der Waals surface area (Å²) in [6.45, 7) is 6.80. The SMILES string of the molecule is C=C(C)[C@H]1C[C@]2(CCCN(S(=O)(=O)c3ccc(-c4ccccc4)cc3)C2)CO[C@@H]1c1cc(Oc2ccc(Cl)cc2)ccc1OCC(=O)O. The van der Waals surface area contributed by atoms with Crippen LogP contribution in [0.2, 0.25) is 5.02 Å². The number of hydrogen-bond donors (Lipinski definition) is 1. The molecule has 6 rings (SSSR count). The van der Waals surface area contributed by atoms with E-state index in [1.165, 1.54) is 0 Å². The number of carbonyl (C=O) groups is 1. The zero-order valence-corrected chi connectivity index (χ0v) is 28.3. The zero-order chi connectivity index (χ0) is 33.9. The van der Waals surface area contributed by atoms with Crippen LogP contribution in [0.25, 0.3) is 11.1 Å². The molecule has 1 spiro atoms. The van der Waals surface area contributed by atoms with Crippen molar-refractivity contribution in [2.45, 2.75) is 37.2 Å². The monoisotopic (exact) mass is 687 g/mol. The maximum absolute atomic E-state index is 13.9. The molecule has 48 heavy (non-hydrogen) atoms. The van der Waals surface area contributed by atoms with E-state index in [1.807, 2.05) is 49.4 Å². The summed E-state index contributed by atoms with van der Waals surface area (Å²) in [5, 5.41) is 9.92. The van der Waals surface area contributed by atoms with Gasteiger partial charge >= 0.3 is 5.97 Å². The van der Waals surface area contributed by atoms with E-state index in [9.17, 15) is 18.3 Å². The molecular formula is C38H38ClNO7S. The quantitative estimate of drug-likeness (QED) is 0.167. The minimum Gasteiger partial charge on any atom is -0.482 e. The molecule has 2 aliphatic heterocycles. The molecule has 4 aromatic carbocycles. The van der Waals surface area contributed by atoms with Crippen LogP contribution in [0.3, 0.4) is 0 Å². The fourth-order valence-corrected chi connectivity index (χ4v) is 8.45. The number of aliphatic carboxylic acids is 1. The third-order valence-electron chi connectivity index (χ3n) is 9.13. The molecule has 4 aromatic rings. The second kappa shape index (κ2) is 14.1. The van der Waals surface area contributed by atoms with Gasteiger partial charge in [-0.25, -0.2) is 13.2 Å². The van der Waals surface area contributed by atoms with Crippen LogP contribution in [0.1, 0.15) is 37.9 Å². The largest absolute Gasteiger partial charge is 0.482 e. The number of carboxylic acid groups (broad SMARTS) is 1. The molecule has 0 amide bonds. The molecule has 1 N–H and O–H groups in total. The second-order valence-corrected chi connectivity index (χ2v) is 15.0. The predicted octanol–water partition coefficient (Wildman–Crippen LogP) is 8.39. The van der Waals surface area contributed by atoms with E-state index in [2.05, 4.69) is 6.58 Å². The molecule has 3 atom stereocenters. The lowest BCUT2D eigenvalue weighted by atomic mass is 9.69. The van der Waals surface area contributed by atoms with Crippen molar-refractivity contribution in [1.82, 2.24) is 4.31 Å². The van der Waals surface area contributed by atoms with Gasteiger partial charge in [0, 0.05) is 35.0 Å². The van der Waals surface area contributed by atoms with E-state index in [4.69, 9.17) is 25.8 Å². The molecule has 10 heteroatoms. The summed E-state index contributed by atoms with van der Waals surface area (Å²) in [6, 6.07) is 29.1. The third kappa shape index (κ3) is 7.45. The van der Waals surface area contributed by atoms with E-state index in [0.717, 1.165) is 23.1 Å². The molecule has 0 bridgehead atoms. The normalized spacial score (nSPS) is 21.5. The van der Waals surface area contributed by atoms with Crippen LogP contribution < -0.4 is 9.47 Å². The smallest absolute Gasteiger partial charge is 0.341 e. The Labute approximate surface area is 286 Å². The van der Waals surface area contributed by atoms with E-state index in [-0.39, 0.29) is 10.8 Å². The van der Waals surface area contributed by atoms with Gasteiger partial charge in [0.1, 0.15) is 17.2 Å². The van der Waals surface area contributed by atoms with Crippen LogP contribution in [-0.4, -0.2) is 50.1 Å².